The van der Waals surface area contributed by atoms with Gasteiger partial charge in [-0.3, -0.25) is 0 Å². The lowest BCUT2D eigenvalue weighted by Gasteiger charge is -2.13. The summed E-state index contributed by atoms with van der Waals surface area (Å²) in [7, 11) is 1.65. The van der Waals surface area contributed by atoms with Gasteiger partial charge in [0.15, 0.2) is 0 Å². The molecule has 1 N–H and O–H groups in total. The number of nitrogens with zero attached hydrogens (tertiary/aromatic N) is 3. The van der Waals surface area contributed by atoms with Crippen LogP contribution in [-0.4, -0.2) is 41.8 Å². The van der Waals surface area contributed by atoms with Gasteiger partial charge < -0.3 is 14.8 Å². The molecule has 7 heteroatoms. The van der Waals surface area contributed by atoms with Crippen LogP contribution in [0.3, 0.4) is 0 Å². The highest BCUT2D eigenvalue weighted by Crippen LogP contribution is 2.35. The van der Waals surface area contributed by atoms with Gasteiger partial charge >= 0.3 is 0 Å². The number of nitrogens with one attached hydrogen (secondary N) is 1. The summed E-state index contributed by atoms with van der Waals surface area (Å²) >= 11 is 1.64. The third-order valence-corrected chi connectivity index (χ3v) is 5.67. The molecule has 3 rings (SSSR count). The average molecular weight is 451 g/mol. The van der Waals surface area contributed by atoms with Crippen LogP contribution in [0.5, 0.6) is 5.75 Å². The van der Waals surface area contributed by atoms with Crippen LogP contribution < -0.4 is 10.1 Å². The van der Waals surface area contributed by atoms with Crippen molar-refractivity contribution in [2.24, 2.45) is 0 Å². The molecule has 0 aliphatic heterocycles. The van der Waals surface area contributed by atoms with Gasteiger partial charge in [0.2, 0.25) is 0 Å². The van der Waals surface area contributed by atoms with Crippen molar-refractivity contribution in [1.82, 2.24) is 15.0 Å². The molecule has 2 heterocycles. The van der Waals surface area contributed by atoms with Crippen LogP contribution in [-0.2, 0) is 4.74 Å². The second-order valence-electron chi connectivity index (χ2n) is 7.41. The SMILES string of the molecule is C=C(/C=C\C(C)=C\CC)CNc1ncnc2c(OCCOC)cc(-c3ncc(C)s3)cc12. The maximum atomic E-state index is 6.00. The maximum Gasteiger partial charge on any atom is 0.146 e. The first-order chi connectivity index (χ1) is 15.5. The first kappa shape index (κ1) is 23.6. The zero-order valence-corrected chi connectivity index (χ0v) is 20.0. The molecule has 0 saturated carbocycles. The quantitative estimate of drug-likeness (QED) is 0.287. The normalized spacial score (nSPS) is 11.9. The van der Waals surface area contributed by atoms with Crippen LogP contribution in [0.15, 0.2) is 60.6 Å². The number of anilines is 1. The summed E-state index contributed by atoms with van der Waals surface area (Å²) in [5, 5.41) is 5.21. The Balaban J connectivity index is 1.91. The minimum atomic E-state index is 0.435. The van der Waals surface area contributed by atoms with Crippen molar-refractivity contribution in [1.29, 1.82) is 0 Å². The largest absolute Gasteiger partial charge is 0.489 e. The van der Waals surface area contributed by atoms with E-state index in [1.54, 1.807) is 24.8 Å². The van der Waals surface area contributed by atoms with Crippen LogP contribution in [0.25, 0.3) is 21.5 Å². The van der Waals surface area contributed by atoms with Crippen molar-refractivity contribution in [3.05, 3.63) is 65.5 Å². The highest BCUT2D eigenvalue weighted by Gasteiger charge is 2.14. The Hall–Kier alpha value is -3.03. The number of aromatic nitrogens is 3. The van der Waals surface area contributed by atoms with E-state index in [0.717, 1.165) is 44.2 Å². The molecule has 168 valence electrons. The summed E-state index contributed by atoms with van der Waals surface area (Å²) in [6.45, 7) is 11.9. The zero-order valence-electron chi connectivity index (χ0n) is 19.1. The third-order valence-electron chi connectivity index (χ3n) is 4.71. The first-order valence-electron chi connectivity index (χ1n) is 10.6. The van der Waals surface area contributed by atoms with E-state index in [0.29, 0.717) is 25.5 Å². The molecule has 0 spiro atoms. The Bertz CT molecular complexity index is 1130. The number of methoxy groups -OCH3 is 1. The Morgan fingerprint density at radius 3 is 2.75 bits per heavy atom. The summed E-state index contributed by atoms with van der Waals surface area (Å²) in [6.07, 6.45) is 10.7. The molecule has 32 heavy (non-hydrogen) atoms. The number of allylic oxidation sites excluding steroid dienone is 3. The number of aryl methyl sites for hydroxylation is 1. The van der Waals surface area contributed by atoms with Crippen molar-refractivity contribution in [2.75, 3.05) is 32.2 Å². The van der Waals surface area contributed by atoms with Crippen LogP contribution >= 0.6 is 11.3 Å². The summed E-state index contributed by atoms with van der Waals surface area (Å²) < 4.78 is 11.1. The van der Waals surface area contributed by atoms with Gasteiger partial charge in [0.05, 0.1) is 6.61 Å². The number of benzene rings is 1. The van der Waals surface area contributed by atoms with E-state index in [1.807, 2.05) is 25.3 Å². The van der Waals surface area contributed by atoms with E-state index in [1.165, 1.54) is 5.57 Å². The van der Waals surface area contributed by atoms with E-state index < -0.39 is 0 Å². The molecular formula is C25H30N4O2S. The smallest absolute Gasteiger partial charge is 0.146 e. The first-order valence-corrected chi connectivity index (χ1v) is 11.4. The highest BCUT2D eigenvalue weighted by molar-refractivity contribution is 7.14. The molecule has 0 radical (unpaired) electrons. The lowest BCUT2D eigenvalue weighted by molar-refractivity contribution is 0.147. The van der Waals surface area contributed by atoms with Gasteiger partial charge in [-0.1, -0.05) is 37.3 Å². The van der Waals surface area contributed by atoms with Gasteiger partial charge in [0.1, 0.15) is 35.0 Å². The fourth-order valence-corrected chi connectivity index (χ4v) is 3.88. The molecule has 0 aliphatic rings. The molecule has 0 bridgehead atoms. The molecule has 0 unspecified atom stereocenters. The predicted molar refractivity (Wildman–Crippen MR) is 134 cm³/mol. The van der Waals surface area contributed by atoms with Gasteiger partial charge in [-0.15, -0.1) is 11.3 Å². The van der Waals surface area contributed by atoms with Gasteiger partial charge in [-0.25, -0.2) is 15.0 Å². The fraction of sp³-hybridized carbons (Fsp3) is 0.320. The van der Waals surface area contributed by atoms with E-state index in [4.69, 9.17) is 9.47 Å². The molecule has 6 nitrogen and oxygen atoms in total. The van der Waals surface area contributed by atoms with Gasteiger partial charge in [0.25, 0.3) is 0 Å². The second-order valence-corrected chi connectivity index (χ2v) is 8.65. The molecule has 0 aliphatic carbocycles. The zero-order chi connectivity index (χ0) is 22.9. The maximum absolute atomic E-state index is 6.00. The molecule has 0 atom stereocenters. The summed E-state index contributed by atoms with van der Waals surface area (Å²) in [5.74, 6) is 1.42. The molecule has 1 aromatic carbocycles. The van der Waals surface area contributed by atoms with Crippen LogP contribution in [0.4, 0.5) is 5.82 Å². The van der Waals surface area contributed by atoms with Crippen LogP contribution in [0.1, 0.15) is 25.1 Å². The number of fused-ring (bicyclic) bond motifs is 1. The van der Waals surface area contributed by atoms with E-state index >= 15 is 0 Å². The summed E-state index contributed by atoms with van der Waals surface area (Å²) in [4.78, 5) is 14.7. The van der Waals surface area contributed by atoms with Crippen molar-refractivity contribution < 1.29 is 9.47 Å². The predicted octanol–water partition coefficient (Wildman–Crippen LogP) is 5.97. The monoisotopic (exact) mass is 450 g/mol. The number of hydrogen-bond acceptors (Lipinski definition) is 7. The Morgan fingerprint density at radius 1 is 1.19 bits per heavy atom. The van der Waals surface area contributed by atoms with Crippen molar-refractivity contribution in [3.63, 3.8) is 0 Å². The fourth-order valence-electron chi connectivity index (χ4n) is 3.13. The van der Waals surface area contributed by atoms with E-state index in [-0.39, 0.29) is 0 Å². The lowest BCUT2D eigenvalue weighted by Crippen LogP contribution is -2.07. The standard InChI is InChI=1S/C25H30N4O2S/c1-6-7-17(2)8-9-18(3)14-26-24-21-12-20(25-27-15-19(4)32-25)13-22(31-11-10-30-5)23(21)28-16-29-24/h7-9,12-13,15-16H,3,6,10-11,14H2,1-2,4-5H3,(H,26,28,29)/b9-8-,17-7+. The minimum absolute atomic E-state index is 0.435. The van der Waals surface area contributed by atoms with E-state index in [2.05, 4.69) is 58.9 Å². The third kappa shape index (κ3) is 6.24. The number of ether oxygens (including phenoxy) is 2. The van der Waals surface area contributed by atoms with Gasteiger partial charge in [-0.05, 0) is 38.0 Å². The second kappa shape index (κ2) is 11.5. The highest BCUT2D eigenvalue weighted by atomic mass is 32.1. The summed E-state index contributed by atoms with van der Waals surface area (Å²) in [5.41, 5.74) is 3.91. The molecule has 0 saturated heterocycles. The van der Waals surface area contributed by atoms with Crippen molar-refractivity contribution in [3.8, 4) is 16.3 Å². The van der Waals surface area contributed by atoms with Crippen LogP contribution in [0.2, 0.25) is 0 Å². The average Bonchev–Trinajstić information content (AvgIpc) is 3.22. The number of thiazole rings is 1. The Morgan fingerprint density at radius 2 is 2.03 bits per heavy atom. The van der Waals surface area contributed by atoms with Crippen molar-refractivity contribution in [2.45, 2.75) is 27.2 Å². The molecule has 0 fully saturated rings. The van der Waals surface area contributed by atoms with Gasteiger partial charge in [-0.2, -0.15) is 0 Å². The topological polar surface area (TPSA) is 69.2 Å². The van der Waals surface area contributed by atoms with Crippen LogP contribution in [0, 0.1) is 6.92 Å². The number of rotatable bonds is 11. The summed E-state index contributed by atoms with van der Waals surface area (Å²) in [6, 6.07) is 4.05. The van der Waals surface area contributed by atoms with Crippen molar-refractivity contribution >= 4 is 28.1 Å². The lowest BCUT2D eigenvalue weighted by atomic mass is 10.1. The Labute approximate surface area is 193 Å². The molecule has 0 amide bonds. The number of hydrogen-bond donors (Lipinski definition) is 1. The molecule has 3 aromatic rings. The Kier molecular flexibility index (Phi) is 8.53. The minimum Gasteiger partial charge on any atom is -0.489 e. The van der Waals surface area contributed by atoms with E-state index in [9.17, 15) is 0 Å². The van der Waals surface area contributed by atoms with Gasteiger partial charge in [0, 0.05) is 35.7 Å². The molecule has 2 aromatic heterocycles. The molecular weight excluding hydrogens is 420 g/mol.